The molecule has 6 nitrogen and oxygen atoms in total. The molecule has 2 heterocycles. The van der Waals surface area contributed by atoms with Crippen molar-refractivity contribution in [2.24, 2.45) is 0 Å². The Hall–Kier alpha value is -2.68. The third-order valence-electron chi connectivity index (χ3n) is 2.72. The zero-order valence-corrected chi connectivity index (χ0v) is 11.8. The molecule has 9 heteroatoms. The number of amides is 1. The number of aromatic nitrogens is 4. The van der Waals surface area contributed by atoms with Gasteiger partial charge < -0.3 is 5.32 Å². The van der Waals surface area contributed by atoms with Crippen LogP contribution in [-0.2, 0) is 11.3 Å². The molecule has 0 spiro atoms. The zero-order valence-electron chi connectivity index (χ0n) is 11.0. The lowest BCUT2D eigenvalue weighted by Crippen LogP contribution is -2.20. The average Bonchev–Trinajstić information content (AvgIpc) is 3.13. The largest absolute Gasteiger partial charge is 0.324 e. The molecule has 0 fully saturated rings. The quantitative estimate of drug-likeness (QED) is 0.800. The molecular weight excluding hydrogens is 312 g/mol. The smallest absolute Gasteiger partial charge is 0.248 e. The molecule has 0 atom stereocenters. The van der Waals surface area contributed by atoms with E-state index in [9.17, 15) is 13.6 Å². The number of carbonyl (C=O) groups is 1. The van der Waals surface area contributed by atoms with Crippen molar-refractivity contribution in [3.63, 3.8) is 0 Å². The molecule has 0 aliphatic heterocycles. The Balaban J connectivity index is 1.65. The fourth-order valence-electron chi connectivity index (χ4n) is 1.72. The highest BCUT2D eigenvalue weighted by molar-refractivity contribution is 7.08. The Kier molecular flexibility index (Phi) is 3.88. The van der Waals surface area contributed by atoms with Crippen molar-refractivity contribution in [1.82, 2.24) is 20.2 Å². The van der Waals surface area contributed by atoms with Crippen molar-refractivity contribution in [2.45, 2.75) is 6.54 Å². The molecular formula is C13H9F2N5OS. The summed E-state index contributed by atoms with van der Waals surface area (Å²) in [5.41, 5.74) is 0.972. The van der Waals surface area contributed by atoms with Gasteiger partial charge in [-0.1, -0.05) is 0 Å². The molecule has 2 aromatic heterocycles. The highest BCUT2D eigenvalue weighted by Crippen LogP contribution is 2.16. The van der Waals surface area contributed by atoms with Gasteiger partial charge in [-0.15, -0.1) is 10.2 Å². The van der Waals surface area contributed by atoms with Crippen LogP contribution >= 0.6 is 11.3 Å². The summed E-state index contributed by atoms with van der Waals surface area (Å²) in [6.45, 7) is -0.184. The first kappa shape index (κ1) is 14.3. The third kappa shape index (κ3) is 3.14. The molecule has 0 unspecified atom stereocenters. The van der Waals surface area contributed by atoms with Crippen LogP contribution in [0.3, 0.4) is 0 Å². The first-order valence-corrected chi connectivity index (χ1v) is 7.11. The highest BCUT2D eigenvalue weighted by atomic mass is 32.1. The lowest BCUT2D eigenvalue weighted by Gasteiger charge is -2.04. The molecule has 1 aromatic carbocycles. The fraction of sp³-hybridized carbons (Fsp3) is 0.0769. The van der Waals surface area contributed by atoms with Crippen molar-refractivity contribution >= 4 is 22.9 Å². The number of nitrogens with one attached hydrogen (secondary N) is 1. The van der Waals surface area contributed by atoms with Gasteiger partial charge in [-0.3, -0.25) is 4.79 Å². The van der Waals surface area contributed by atoms with Gasteiger partial charge in [0.2, 0.25) is 11.7 Å². The van der Waals surface area contributed by atoms with Crippen LogP contribution in [0.1, 0.15) is 0 Å². The Labute approximate surface area is 127 Å². The highest BCUT2D eigenvalue weighted by Gasteiger charge is 2.11. The molecule has 0 saturated carbocycles. The minimum absolute atomic E-state index is 0.155. The molecule has 0 bridgehead atoms. The van der Waals surface area contributed by atoms with E-state index in [1.807, 2.05) is 16.8 Å². The average molecular weight is 321 g/mol. The van der Waals surface area contributed by atoms with Gasteiger partial charge in [-0.2, -0.15) is 16.1 Å². The van der Waals surface area contributed by atoms with E-state index in [4.69, 9.17) is 0 Å². The van der Waals surface area contributed by atoms with Crippen LogP contribution in [0.2, 0.25) is 0 Å². The van der Waals surface area contributed by atoms with E-state index < -0.39 is 17.5 Å². The van der Waals surface area contributed by atoms with Crippen LogP contribution in [-0.4, -0.2) is 26.1 Å². The molecule has 0 aliphatic carbocycles. The van der Waals surface area contributed by atoms with Gasteiger partial charge in [-0.25, -0.2) is 8.78 Å². The number of halogens is 2. The SMILES string of the molecule is O=C(Cn1nnc(-c2ccsc2)n1)Nc1ccc(F)c(F)c1. The van der Waals surface area contributed by atoms with E-state index >= 15 is 0 Å². The van der Waals surface area contributed by atoms with E-state index in [0.717, 1.165) is 22.5 Å². The molecule has 1 amide bonds. The second kappa shape index (κ2) is 5.98. The van der Waals surface area contributed by atoms with Crippen LogP contribution in [0.5, 0.6) is 0 Å². The third-order valence-corrected chi connectivity index (χ3v) is 3.40. The summed E-state index contributed by atoms with van der Waals surface area (Å²) in [7, 11) is 0. The molecule has 3 rings (SSSR count). The van der Waals surface area contributed by atoms with Crippen molar-refractivity contribution in [2.75, 3.05) is 5.32 Å². The van der Waals surface area contributed by atoms with Crippen LogP contribution < -0.4 is 5.32 Å². The topological polar surface area (TPSA) is 72.7 Å². The maximum Gasteiger partial charge on any atom is 0.248 e. The number of rotatable bonds is 4. The standard InChI is InChI=1S/C13H9F2N5OS/c14-10-2-1-9(5-11(10)15)16-12(21)6-20-18-13(17-19-20)8-3-4-22-7-8/h1-5,7H,6H2,(H,16,21). The van der Waals surface area contributed by atoms with Gasteiger partial charge in [0, 0.05) is 22.7 Å². The summed E-state index contributed by atoms with van der Waals surface area (Å²) < 4.78 is 25.9. The maximum atomic E-state index is 13.1. The predicted octanol–water partition coefficient (Wildman–Crippen LogP) is 2.32. The normalized spacial score (nSPS) is 10.6. The Bertz CT molecular complexity index is 803. The second-order valence-electron chi connectivity index (χ2n) is 4.33. The number of hydrogen-bond donors (Lipinski definition) is 1. The molecule has 0 radical (unpaired) electrons. The van der Waals surface area contributed by atoms with Gasteiger partial charge in [0.15, 0.2) is 11.6 Å². The number of thiophene rings is 1. The number of benzene rings is 1. The first-order valence-electron chi connectivity index (χ1n) is 6.17. The van der Waals surface area contributed by atoms with Crippen LogP contribution in [0, 0.1) is 11.6 Å². The van der Waals surface area contributed by atoms with Crippen molar-refractivity contribution in [1.29, 1.82) is 0 Å². The lowest BCUT2D eigenvalue weighted by atomic mass is 10.3. The Morgan fingerprint density at radius 1 is 1.27 bits per heavy atom. The fourth-order valence-corrected chi connectivity index (χ4v) is 2.35. The predicted molar refractivity (Wildman–Crippen MR) is 76.1 cm³/mol. The summed E-state index contributed by atoms with van der Waals surface area (Å²) in [5, 5.41) is 17.9. The van der Waals surface area contributed by atoms with E-state index in [2.05, 4.69) is 20.7 Å². The molecule has 112 valence electrons. The number of tetrazole rings is 1. The van der Waals surface area contributed by atoms with Gasteiger partial charge in [0.25, 0.3) is 0 Å². The minimum Gasteiger partial charge on any atom is -0.324 e. The summed E-state index contributed by atoms with van der Waals surface area (Å²) in [5.74, 6) is -2.06. The second-order valence-corrected chi connectivity index (χ2v) is 5.11. The first-order chi connectivity index (χ1) is 10.6. The van der Waals surface area contributed by atoms with Crippen LogP contribution in [0.15, 0.2) is 35.0 Å². The summed E-state index contributed by atoms with van der Waals surface area (Å²) in [6, 6.07) is 4.95. The van der Waals surface area contributed by atoms with Crippen LogP contribution in [0.4, 0.5) is 14.5 Å². The molecule has 3 aromatic rings. The summed E-state index contributed by atoms with van der Waals surface area (Å²) in [4.78, 5) is 12.9. The van der Waals surface area contributed by atoms with E-state index in [0.29, 0.717) is 5.82 Å². The minimum atomic E-state index is -1.03. The Morgan fingerprint density at radius 2 is 2.14 bits per heavy atom. The zero-order chi connectivity index (χ0) is 15.5. The Morgan fingerprint density at radius 3 is 2.86 bits per heavy atom. The molecule has 0 saturated heterocycles. The lowest BCUT2D eigenvalue weighted by molar-refractivity contribution is -0.117. The van der Waals surface area contributed by atoms with Gasteiger partial charge in [-0.05, 0) is 28.8 Å². The number of nitrogens with zero attached hydrogens (tertiary/aromatic N) is 4. The molecule has 22 heavy (non-hydrogen) atoms. The van der Waals surface area contributed by atoms with Crippen molar-refractivity contribution in [3.05, 3.63) is 46.7 Å². The molecule has 1 N–H and O–H groups in total. The number of anilines is 1. The van der Waals surface area contributed by atoms with Gasteiger partial charge in [0.05, 0.1) is 0 Å². The summed E-state index contributed by atoms with van der Waals surface area (Å²) >= 11 is 1.50. The van der Waals surface area contributed by atoms with E-state index in [-0.39, 0.29) is 12.2 Å². The van der Waals surface area contributed by atoms with Gasteiger partial charge in [0.1, 0.15) is 6.54 Å². The van der Waals surface area contributed by atoms with Crippen LogP contribution in [0.25, 0.3) is 11.4 Å². The maximum absolute atomic E-state index is 13.1. The van der Waals surface area contributed by atoms with Crippen molar-refractivity contribution in [3.8, 4) is 11.4 Å². The monoisotopic (exact) mass is 321 g/mol. The van der Waals surface area contributed by atoms with Crippen molar-refractivity contribution < 1.29 is 13.6 Å². The number of carbonyl (C=O) groups excluding carboxylic acids is 1. The van der Waals surface area contributed by atoms with E-state index in [1.165, 1.54) is 17.4 Å². The summed E-state index contributed by atoms with van der Waals surface area (Å²) in [6.07, 6.45) is 0. The van der Waals surface area contributed by atoms with Gasteiger partial charge >= 0.3 is 0 Å². The number of hydrogen-bond acceptors (Lipinski definition) is 5. The van der Waals surface area contributed by atoms with E-state index in [1.54, 1.807) is 0 Å². The molecule has 0 aliphatic rings.